The van der Waals surface area contributed by atoms with Gasteiger partial charge in [-0.1, -0.05) is 12.1 Å². The van der Waals surface area contributed by atoms with Crippen LogP contribution >= 0.6 is 11.3 Å². The number of hydrogen-bond acceptors (Lipinski definition) is 4. The third kappa shape index (κ3) is 3.28. The highest BCUT2D eigenvalue weighted by Gasteiger charge is 2.01. The number of rotatable bonds is 5. The number of hydrogen-bond donors (Lipinski definition) is 1. The summed E-state index contributed by atoms with van der Waals surface area (Å²) in [4.78, 5) is 5.70. The van der Waals surface area contributed by atoms with Crippen molar-refractivity contribution < 1.29 is 4.74 Å². The van der Waals surface area contributed by atoms with Crippen molar-refractivity contribution in [1.29, 1.82) is 0 Å². The van der Waals surface area contributed by atoms with Gasteiger partial charge in [0.15, 0.2) is 0 Å². The van der Waals surface area contributed by atoms with E-state index in [-0.39, 0.29) is 0 Å². The normalized spacial score (nSPS) is 10.5. The Kier molecular flexibility index (Phi) is 4.12. The maximum Gasteiger partial charge on any atom is 0.213 e. The van der Waals surface area contributed by atoms with Crippen LogP contribution in [0.25, 0.3) is 0 Å². The summed E-state index contributed by atoms with van der Waals surface area (Å²) in [6.45, 7) is 3.14. The Morgan fingerprint density at radius 1 is 1.35 bits per heavy atom. The Balaban J connectivity index is 1.89. The van der Waals surface area contributed by atoms with Gasteiger partial charge >= 0.3 is 0 Å². The number of aromatic nitrogens is 1. The van der Waals surface area contributed by atoms with Crippen molar-refractivity contribution in [3.8, 4) is 5.88 Å². The lowest BCUT2D eigenvalue weighted by atomic mass is 10.2. The molecule has 2 aromatic heterocycles. The SMILES string of the molecule is Cc1nc(OCCc2cccs2)ccc1CN. The molecular formula is C13H16N2OS. The lowest BCUT2D eigenvalue weighted by molar-refractivity contribution is 0.309. The van der Waals surface area contributed by atoms with Crippen LogP contribution in [0.5, 0.6) is 5.88 Å². The number of nitrogens with two attached hydrogens (primary N) is 1. The van der Waals surface area contributed by atoms with Crippen LogP contribution in [0.3, 0.4) is 0 Å². The smallest absolute Gasteiger partial charge is 0.213 e. The van der Waals surface area contributed by atoms with Crippen molar-refractivity contribution in [3.63, 3.8) is 0 Å². The standard InChI is InChI=1S/C13H16N2OS/c1-10-11(9-14)4-5-13(15-10)16-7-6-12-3-2-8-17-12/h2-5,8H,6-7,9,14H2,1H3. The predicted octanol–water partition coefficient (Wildman–Crippen LogP) is 2.53. The molecule has 0 fully saturated rings. The fraction of sp³-hybridized carbons (Fsp3) is 0.308. The van der Waals surface area contributed by atoms with Gasteiger partial charge in [-0.25, -0.2) is 4.98 Å². The summed E-state index contributed by atoms with van der Waals surface area (Å²) in [7, 11) is 0. The zero-order valence-electron chi connectivity index (χ0n) is 9.85. The molecule has 90 valence electrons. The maximum absolute atomic E-state index is 5.61. The lowest BCUT2D eigenvalue weighted by Gasteiger charge is -2.07. The van der Waals surface area contributed by atoms with Gasteiger partial charge in [0.05, 0.1) is 6.61 Å². The van der Waals surface area contributed by atoms with Crippen LogP contribution in [0.1, 0.15) is 16.1 Å². The molecule has 0 unspecified atom stereocenters. The monoisotopic (exact) mass is 248 g/mol. The summed E-state index contributed by atoms with van der Waals surface area (Å²) in [5.74, 6) is 0.677. The van der Waals surface area contributed by atoms with E-state index >= 15 is 0 Å². The molecule has 2 N–H and O–H groups in total. The first kappa shape index (κ1) is 12.1. The number of ether oxygens (including phenoxy) is 1. The average molecular weight is 248 g/mol. The van der Waals surface area contributed by atoms with Crippen LogP contribution in [0.15, 0.2) is 29.6 Å². The van der Waals surface area contributed by atoms with E-state index in [1.165, 1.54) is 4.88 Å². The summed E-state index contributed by atoms with van der Waals surface area (Å²) in [5, 5.41) is 2.08. The van der Waals surface area contributed by atoms with E-state index in [0.29, 0.717) is 19.0 Å². The van der Waals surface area contributed by atoms with Gasteiger partial charge in [0.2, 0.25) is 5.88 Å². The van der Waals surface area contributed by atoms with E-state index in [4.69, 9.17) is 10.5 Å². The fourth-order valence-corrected chi connectivity index (χ4v) is 2.26. The van der Waals surface area contributed by atoms with Gasteiger partial charge in [0.25, 0.3) is 0 Å². The topological polar surface area (TPSA) is 48.1 Å². The van der Waals surface area contributed by atoms with E-state index in [0.717, 1.165) is 17.7 Å². The quantitative estimate of drug-likeness (QED) is 0.884. The van der Waals surface area contributed by atoms with Crippen molar-refractivity contribution in [2.75, 3.05) is 6.61 Å². The van der Waals surface area contributed by atoms with Crippen LogP contribution in [-0.4, -0.2) is 11.6 Å². The Morgan fingerprint density at radius 2 is 2.24 bits per heavy atom. The molecule has 3 nitrogen and oxygen atoms in total. The van der Waals surface area contributed by atoms with E-state index in [1.54, 1.807) is 11.3 Å². The summed E-state index contributed by atoms with van der Waals surface area (Å²) in [5.41, 5.74) is 7.60. The molecule has 2 rings (SSSR count). The van der Waals surface area contributed by atoms with Gasteiger partial charge in [0.1, 0.15) is 0 Å². The van der Waals surface area contributed by atoms with E-state index in [9.17, 15) is 0 Å². The molecule has 0 saturated heterocycles. The molecule has 0 radical (unpaired) electrons. The van der Waals surface area contributed by atoms with Crippen LogP contribution < -0.4 is 10.5 Å². The fourth-order valence-electron chi connectivity index (χ4n) is 1.57. The van der Waals surface area contributed by atoms with Crippen molar-refractivity contribution >= 4 is 11.3 Å². The molecule has 0 amide bonds. The molecule has 2 aromatic rings. The molecule has 0 spiro atoms. The van der Waals surface area contributed by atoms with Gasteiger partial charge in [-0.2, -0.15) is 0 Å². The Morgan fingerprint density at radius 3 is 2.88 bits per heavy atom. The Hall–Kier alpha value is -1.39. The van der Waals surface area contributed by atoms with E-state index < -0.39 is 0 Å². The molecule has 0 atom stereocenters. The molecule has 0 bridgehead atoms. The van der Waals surface area contributed by atoms with E-state index in [1.807, 2.05) is 19.1 Å². The lowest BCUT2D eigenvalue weighted by Crippen LogP contribution is -2.05. The van der Waals surface area contributed by atoms with Crippen molar-refractivity contribution in [1.82, 2.24) is 4.98 Å². The minimum atomic E-state index is 0.522. The first-order valence-corrected chi connectivity index (χ1v) is 6.49. The van der Waals surface area contributed by atoms with Crippen molar-refractivity contribution in [2.45, 2.75) is 19.9 Å². The summed E-state index contributed by atoms with van der Waals surface area (Å²) in [6.07, 6.45) is 0.928. The molecule has 0 aliphatic carbocycles. The highest BCUT2D eigenvalue weighted by molar-refractivity contribution is 7.09. The average Bonchev–Trinajstić information content (AvgIpc) is 2.82. The van der Waals surface area contributed by atoms with Crippen molar-refractivity contribution in [2.24, 2.45) is 5.73 Å². The van der Waals surface area contributed by atoms with Crippen LogP contribution in [0.2, 0.25) is 0 Å². The van der Waals surface area contributed by atoms with Crippen LogP contribution in [0.4, 0.5) is 0 Å². The zero-order chi connectivity index (χ0) is 12.1. The van der Waals surface area contributed by atoms with Crippen molar-refractivity contribution in [3.05, 3.63) is 45.8 Å². The number of aryl methyl sites for hydroxylation is 1. The molecule has 2 heterocycles. The highest BCUT2D eigenvalue weighted by Crippen LogP contribution is 2.13. The molecule has 0 saturated carbocycles. The Labute approximate surface area is 105 Å². The van der Waals surface area contributed by atoms with E-state index in [2.05, 4.69) is 22.5 Å². The predicted molar refractivity (Wildman–Crippen MR) is 70.4 cm³/mol. The molecule has 0 aliphatic rings. The van der Waals surface area contributed by atoms with Crippen LogP contribution in [-0.2, 0) is 13.0 Å². The van der Waals surface area contributed by atoms with Crippen LogP contribution in [0, 0.1) is 6.92 Å². The summed E-state index contributed by atoms with van der Waals surface area (Å²) >= 11 is 1.75. The van der Waals surface area contributed by atoms with Gasteiger partial charge in [0, 0.05) is 29.6 Å². The van der Waals surface area contributed by atoms with Gasteiger partial charge < -0.3 is 10.5 Å². The number of pyridine rings is 1. The third-order valence-corrected chi connectivity index (χ3v) is 3.50. The van der Waals surface area contributed by atoms with Gasteiger partial charge in [-0.3, -0.25) is 0 Å². The molecule has 0 aromatic carbocycles. The molecule has 0 aliphatic heterocycles. The minimum absolute atomic E-state index is 0.522. The molecule has 4 heteroatoms. The largest absolute Gasteiger partial charge is 0.477 e. The minimum Gasteiger partial charge on any atom is -0.477 e. The highest BCUT2D eigenvalue weighted by atomic mass is 32.1. The van der Waals surface area contributed by atoms with Gasteiger partial charge in [-0.05, 0) is 23.9 Å². The third-order valence-electron chi connectivity index (χ3n) is 2.57. The first-order chi connectivity index (χ1) is 8.29. The maximum atomic E-state index is 5.61. The second-order valence-electron chi connectivity index (χ2n) is 3.78. The summed E-state index contributed by atoms with van der Waals surface area (Å²) in [6, 6.07) is 8.02. The first-order valence-electron chi connectivity index (χ1n) is 5.61. The second kappa shape index (κ2) is 5.80. The number of nitrogens with zero attached hydrogens (tertiary/aromatic N) is 1. The zero-order valence-corrected chi connectivity index (χ0v) is 10.7. The Bertz CT molecular complexity index is 468. The second-order valence-corrected chi connectivity index (χ2v) is 4.81. The molecular weight excluding hydrogens is 232 g/mol. The molecule has 17 heavy (non-hydrogen) atoms. The number of thiophene rings is 1. The summed E-state index contributed by atoms with van der Waals surface area (Å²) < 4.78 is 5.61. The van der Waals surface area contributed by atoms with Gasteiger partial charge in [-0.15, -0.1) is 11.3 Å².